The summed E-state index contributed by atoms with van der Waals surface area (Å²) in [5, 5.41) is 9.62. The van der Waals surface area contributed by atoms with Gasteiger partial charge in [-0.25, -0.2) is 8.42 Å². The van der Waals surface area contributed by atoms with E-state index in [1.807, 2.05) is 6.92 Å². The number of aryl methyl sites for hydroxylation is 2. The van der Waals surface area contributed by atoms with Gasteiger partial charge in [0.1, 0.15) is 4.90 Å². The minimum atomic E-state index is -3.70. The Morgan fingerprint density at radius 3 is 2.75 bits per heavy atom. The van der Waals surface area contributed by atoms with Crippen LogP contribution in [0.25, 0.3) is 0 Å². The largest absolute Gasteiger partial charge is 0.314 e. The highest BCUT2D eigenvalue weighted by molar-refractivity contribution is 7.92. The Morgan fingerprint density at radius 1 is 1.35 bits per heavy atom. The second-order valence-electron chi connectivity index (χ2n) is 4.45. The minimum Gasteiger partial charge on any atom is -0.314 e. The van der Waals surface area contributed by atoms with Crippen LogP contribution in [0.4, 0.5) is 5.69 Å². The first-order valence-electron chi connectivity index (χ1n) is 6.07. The van der Waals surface area contributed by atoms with E-state index in [-0.39, 0.29) is 4.90 Å². The standard InChI is InChI=1S/C12H17N5O2S/c1-8-4-5-14-7-10(8)17-20(18,19)12-9(2)15-16-11(12)6-13-3/h4-5,7,13,17H,6H2,1-3H3,(H,15,16). The quantitative estimate of drug-likeness (QED) is 0.762. The fourth-order valence-electron chi connectivity index (χ4n) is 1.88. The molecule has 8 heteroatoms. The molecule has 2 rings (SSSR count). The molecule has 20 heavy (non-hydrogen) atoms. The van der Waals surface area contributed by atoms with Crippen molar-refractivity contribution in [2.24, 2.45) is 0 Å². The molecule has 0 aliphatic heterocycles. The van der Waals surface area contributed by atoms with Crippen LogP contribution >= 0.6 is 0 Å². The van der Waals surface area contributed by atoms with Crippen molar-refractivity contribution in [3.63, 3.8) is 0 Å². The monoisotopic (exact) mass is 295 g/mol. The second kappa shape index (κ2) is 5.59. The Hall–Kier alpha value is -1.93. The molecule has 0 radical (unpaired) electrons. The molecule has 3 N–H and O–H groups in total. The van der Waals surface area contributed by atoms with Crippen LogP contribution in [0.1, 0.15) is 17.0 Å². The molecule has 2 heterocycles. The number of hydrogen-bond donors (Lipinski definition) is 3. The van der Waals surface area contributed by atoms with Gasteiger partial charge in [0.05, 0.1) is 23.3 Å². The highest BCUT2D eigenvalue weighted by Crippen LogP contribution is 2.22. The van der Waals surface area contributed by atoms with Crippen molar-refractivity contribution in [1.82, 2.24) is 20.5 Å². The van der Waals surface area contributed by atoms with Crippen LogP contribution in [0.2, 0.25) is 0 Å². The molecular formula is C12H17N5O2S. The molecule has 0 saturated carbocycles. The Labute approximate surface area is 117 Å². The summed E-state index contributed by atoms with van der Waals surface area (Å²) < 4.78 is 27.6. The van der Waals surface area contributed by atoms with Crippen molar-refractivity contribution in [2.75, 3.05) is 11.8 Å². The van der Waals surface area contributed by atoms with E-state index in [0.29, 0.717) is 23.6 Å². The molecule has 0 aliphatic carbocycles. The number of anilines is 1. The van der Waals surface area contributed by atoms with E-state index in [1.54, 1.807) is 26.2 Å². The lowest BCUT2D eigenvalue weighted by Gasteiger charge is -2.10. The summed E-state index contributed by atoms with van der Waals surface area (Å²) in [7, 11) is -1.96. The van der Waals surface area contributed by atoms with E-state index in [9.17, 15) is 8.42 Å². The lowest BCUT2D eigenvalue weighted by atomic mass is 10.3. The van der Waals surface area contributed by atoms with Crippen LogP contribution in [0, 0.1) is 13.8 Å². The highest BCUT2D eigenvalue weighted by Gasteiger charge is 2.24. The van der Waals surface area contributed by atoms with Crippen LogP contribution in [-0.4, -0.2) is 30.6 Å². The molecule has 2 aromatic rings. The van der Waals surface area contributed by atoms with Gasteiger partial charge in [0, 0.05) is 12.7 Å². The first-order chi connectivity index (χ1) is 9.45. The van der Waals surface area contributed by atoms with Crippen LogP contribution in [0.3, 0.4) is 0 Å². The molecule has 0 aromatic carbocycles. The Balaban J connectivity index is 2.41. The summed E-state index contributed by atoms with van der Waals surface area (Å²) in [6.45, 7) is 3.86. The third-order valence-electron chi connectivity index (χ3n) is 2.86. The average Bonchev–Trinajstić information content (AvgIpc) is 2.74. The van der Waals surface area contributed by atoms with Gasteiger partial charge < -0.3 is 5.32 Å². The maximum Gasteiger partial charge on any atom is 0.265 e. The van der Waals surface area contributed by atoms with E-state index in [1.165, 1.54) is 6.20 Å². The number of hydrogen-bond acceptors (Lipinski definition) is 5. The average molecular weight is 295 g/mol. The summed E-state index contributed by atoms with van der Waals surface area (Å²) in [5.74, 6) is 0. The Morgan fingerprint density at radius 2 is 2.10 bits per heavy atom. The maximum absolute atomic E-state index is 12.5. The molecule has 0 amide bonds. The molecule has 108 valence electrons. The van der Waals surface area contributed by atoms with Crippen molar-refractivity contribution >= 4 is 15.7 Å². The molecule has 7 nitrogen and oxygen atoms in total. The zero-order valence-electron chi connectivity index (χ0n) is 11.6. The van der Waals surface area contributed by atoms with E-state index < -0.39 is 10.0 Å². The van der Waals surface area contributed by atoms with Gasteiger partial charge in [-0.2, -0.15) is 5.10 Å². The van der Waals surface area contributed by atoms with Gasteiger partial charge in [0.25, 0.3) is 10.0 Å². The molecule has 0 atom stereocenters. The van der Waals surface area contributed by atoms with Gasteiger partial charge in [-0.15, -0.1) is 0 Å². The fourth-order valence-corrected chi connectivity index (χ4v) is 3.36. The van der Waals surface area contributed by atoms with Gasteiger partial charge in [0.2, 0.25) is 0 Å². The minimum absolute atomic E-state index is 0.176. The second-order valence-corrected chi connectivity index (χ2v) is 6.07. The predicted molar refractivity (Wildman–Crippen MR) is 75.9 cm³/mol. The lowest BCUT2D eigenvalue weighted by molar-refractivity contribution is 0.598. The van der Waals surface area contributed by atoms with Gasteiger partial charge >= 0.3 is 0 Å². The van der Waals surface area contributed by atoms with Crippen molar-refractivity contribution in [1.29, 1.82) is 0 Å². The molecule has 0 fully saturated rings. The maximum atomic E-state index is 12.5. The third-order valence-corrected chi connectivity index (χ3v) is 4.43. The summed E-state index contributed by atoms with van der Waals surface area (Å²) in [6.07, 6.45) is 3.10. The number of nitrogens with zero attached hydrogens (tertiary/aromatic N) is 2. The summed E-state index contributed by atoms with van der Waals surface area (Å²) in [5.41, 5.74) is 2.23. The molecule has 0 saturated heterocycles. The van der Waals surface area contributed by atoms with E-state index >= 15 is 0 Å². The lowest BCUT2D eigenvalue weighted by Crippen LogP contribution is -2.18. The van der Waals surface area contributed by atoms with E-state index in [4.69, 9.17) is 0 Å². The SMILES string of the molecule is CNCc1n[nH]c(C)c1S(=O)(=O)Nc1cnccc1C. The van der Waals surface area contributed by atoms with Crippen molar-refractivity contribution < 1.29 is 8.42 Å². The number of sulfonamides is 1. The van der Waals surface area contributed by atoms with Crippen LogP contribution in [0.5, 0.6) is 0 Å². The first-order valence-corrected chi connectivity index (χ1v) is 7.56. The molecule has 0 unspecified atom stereocenters. The van der Waals surface area contributed by atoms with E-state index in [2.05, 4.69) is 25.2 Å². The molecule has 2 aromatic heterocycles. The van der Waals surface area contributed by atoms with Crippen LogP contribution in [-0.2, 0) is 16.6 Å². The van der Waals surface area contributed by atoms with Gasteiger partial charge in [-0.05, 0) is 32.5 Å². The highest BCUT2D eigenvalue weighted by atomic mass is 32.2. The van der Waals surface area contributed by atoms with Crippen LogP contribution in [0.15, 0.2) is 23.4 Å². The van der Waals surface area contributed by atoms with Gasteiger partial charge in [-0.1, -0.05) is 0 Å². The van der Waals surface area contributed by atoms with Crippen LogP contribution < -0.4 is 10.0 Å². The summed E-state index contributed by atoms with van der Waals surface area (Å²) in [6, 6.07) is 1.74. The number of aromatic nitrogens is 3. The number of rotatable bonds is 5. The molecular weight excluding hydrogens is 278 g/mol. The molecule has 0 spiro atoms. The van der Waals surface area contributed by atoms with Gasteiger partial charge in [0.15, 0.2) is 0 Å². The zero-order valence-corrected chi connectivity index (χ0v) is 12.4. The predicted octanol–water partition coefficient (Wildman–Crippen LogP) is 0.942. The number of aromatic amines is 1. The first kappa shape index (κ1) is 14.5. The van der Waals surface area contributed by atoms with E-state index in [0.717, 1.165) is 5.56 Å². The normalized spacial score (nSPS) is 11.6. The zero-order chi connectivity index (χ0) is 14.8. The molecule has 0 aliphatic rings. The summed E-state index contributed by atoms with van der Waals surface area (Å²) in [4.78, 5) is 4.11. The summed E-state index contributed by atoms with van der Waals surface area (Å²) >= 11 is 0. The number of pyridine rings is 1. The van der Waals surface area contributed by atoms with Crippen molar-refractivity contribution in [2.45, 2.75) is 25.3 Å². The Bertz CT molecular complexity index is 708. The van der Waals surface area contributed by atoms with Gasteiger partial charge in [-0.3, -0.25) is 14.8 Å². The van der Waals surface area contributed by atoms with Crippen molar-refractivity contribution in [3.05, 3.63) is 35.4 Å². The third kappa shape index (κ3) is 2.81. The number of nitrogens with one attached hydrogen (secondary N) is 3. The number of H-pyrrole nitrogens is 1. The Kier molecular flexibility index (Phi) is 4.05. The van der Waals surface area contributed by atoms with Crippen molar-refractivity contribution in [3.8, 4) is 0 Å². The smallest absolute Gasteiger partial charge is 0.265 e. The topological polar surface area (TPSA) is 99.8 Å². The molecule has 0 bridgehead atoms. The fraction of sp³-hybridized carbons (Fsp3) is 0.333.